The number of aromatic nitrogens is 2. The van der Waals surface area contributed by atoms with E-state index < -0.39 is 5.82 Å². The lowest BCUT2D eigenvalue weighted by atomic mass is 10.2. The number of nitrogens with two attached hydrogens (primary N) is 1. The predicted octanol–water partition coefficient (Wildman–Crippen LogP) is 4.03. The highest BCUT2D eigenvalue weighted by Crippen LogP contribution is 2.22. The third-order valence-electron chi connectivity index (χ3n) is 3.47. The van der Waals surface area contributed by atoms with Crippen LogP contribution in [0.5, 0.6) is 5.75 Å². The van der Waals surface area contributed by atoms with Crippen molar-refractivity contribution in [3.8, 4) is 5.75 Å². The van der Waals surface area contributed by atoms with Gasteiger partial charge in [-0.3, -0.25) is 0 Å². The van der Waals surface area contributed by atoms with Gasteiger partial charge in [0.1, 0.15) is 18.2 Å². The minimum Gasteiger partial charge on any atom is -0.488 e. The van der Waals surface area contributed by atoms with Crippen molar-refractivity contribution in [1.82, 2.24) is 9.66 Å². The lowest BCUT2D eigenvalue weighted by Crippen LogP contribution is -2.01. The van der Waals surface area contributed by atoms with Crippen molar-refractivity contribution in [2.45, 2.75) is 13.5 Å². The lowest BCUT2D eigenvalue weighted by Gasteiger charge is -2.10. The number of aryl methyl sites for hydroxylation is 1. The molecule has 0 fully saturated rings. The summed E-state index contributed by atoms with van der Waals surface area (Å²) in [5.74, 6) is 0.234. The number of halogens is 2. The first-order valence-electron chi connectivity index (χ1n) is 7.54. The van der Waals surface area contributed by atoms with Crippen molar-refractivity contribution in [2.75, 3.05) is 5.73 Å². The van der Waals surface area contributed by atoms with E-state index in [1.54, 1.807) is 24.5 Å². The molecule has 2 N–H and O–H groups in total. The number of anilines is 1. The topological polar surface area (TPSA) is 65.4 Å². The molecular weight excluding hydrogens is 343 g/mol. The van der Waals surface area contributed by atoms with Gasteiger partial charge in [0.2, 0.25) is 5.95 Å². The monoisotopic (exact) mass is 358 g/mol. The molecule has 0 saturated heterocycles. The van der Waals surface area contributed by atoms with E-state index in [1.807, 2.05) is 25.1 Å². The van der Waals surface area contributed by atoms with Crippen LogP contribution in [0.15, 0.2) is 53.8 Å². The Morgan fingerprint density at radius 3 is 2.84 bits per heavy atom. The van der Waals surface area contributed by atoms with Crippen LogP contribution in [0.1, 0.15) is 16.8 Å². The van der Waals surface area contributed by atoms with E-state index in [0.717, 1.165) is 11.3 Å². The highest BCUT2D eigenvalue weighted by atomic mass is 35.5. The molecule has 1 heterocycles. The number of rotatable bonds is 5. The molecule has 5 nitrogen and oxygen atoms in total. The zero-order valence-electron chi connectivity index (χ0n) is 13.5. The second kappa shape index (κ2) is 7.36. The quantitative estimate of drug-likeness (QED) is 0.700. The minimum atomic E-state index is -0.399. The summed E-state index contributed by atoms with van der Waals surface area (Å²) < 4.78 is 20.8. The zero-order chi connectivity index (χ0) is 17.8. The molecule has 0 spiro atoms. The fourth-order valence-electron chi connectivity index (χ4n) is 2.23. The van der Waals surface area contributed by atoms with Gasteiger partial charge in [-0.05, 0) is 25.1 Å². The Kier molecular flexibility index (Phi) is 5.00. The van der Waals surface area contributed by atoms with Crippen LogP contribution in [0.2, 0.25) is 5.02 Å². The van der Waals surface area contributed by atoms with Crippen LogP contribution < -0.4 is 10.5 Å². The molecule has 25 heavy (non-hydrogen) atoms. The first-order chi connectivity index (χ1) is 12.0. The van der Waals surface area contributed by atoms with E-state index in [-0.39, 0.29) is 12.6 Å². The van der Waals surface area contributed by atoms with Gasteiger partial charge in [0.25, 0.3) is 0 Å². The molecule has 0 aliphatic carbocycles. The van der Waals surface area contributed by atoms with E-state index in [1.165, 1.54) is 16.8 Å². The van der Waals surface area contributed by atoms with E-state index >= 15 is 0 Å². The molecule has 7 heteroatoms. The highest BCUT2D eigenvalue weighted by Gasteiger charge is 2.07. The van der Waals surface area contributed by atoms with E-state index in [4.69, 9.17) is 22.1 Å². The largest absolute Gasteiger partial charge is 0.488 e. The Balaban J connectivity index is 1.83. The van der Waals surface area contributed by atoms with Gasteiger partial charge in [0.15, 0.2) is 0 Å². The van der Waals surface area contributed by atoms with Crippen molar-refractivity contribution >= 4 is 23.8 Å². The van der Waals surface area contributed by atoms with Gasteiger partial charge in [-0.1, -0.05) is 29.8 Å². The normalized spacial score (nSPS) is 11.2. The number of imidazole rings is 1. The summed E-state index contributed by atoms with van der Waals surface area (Å²) in [6.45, 7) is 2.04. The van der Waals surface area contributed by atoms with Crippen LogP contribution in [0.3, 0.4) is 0 Å². The van der Waals surface area contributed by atoms with Gasteiger partial charge < -0.3 is 10.5 Å². The number of benzene rings is 2. The van der Waals surface area contributed by atoms with Gasteiger partial charge in [0, 0.05) is 22.2 Å². The standard InChI is InChI=1S/C18H16ClFN4O/c1-12-10-24(18(21)23-12)22-9-13-6-7-15(20)8-17(13)25-11-14-4-2-3-5-16(14)19/h2-10H,11H2,1H3,(H2,21,23). The van der Waals surface area contributed by atoms with Gasteiger partial charge in [-0.15, -0.1) is 0 Å². The van der Waals surface area contributed by atoms with Crippen molar-refractivity contribution in [1.29, 1.82) is 0 Å². The first-order valence-corrected chi connectivity index (χ1v) is 7.92. The third-order valence-corrected chi connectivity index (χ3v) is 3.84. The third kappa shape index (κ3) is 4.16. The number of hydrogen-bond donors (Lipinski definition) is 1. The molecule has 1 aromatic heterocycles. The average molecular weight is 359 g/mol. The molecule has 3 aromatic rings. The molecular formula is C18H16ClFN4O. The maximum atomic E-state index is 13.6. The number of hydrogen-bond acceptors (Lipinski definition) is 4. The number of nitrogens with zero attached hydrogens (tertiary/aromatic N) is 3. The van der Waals surface area contributed by atoms with Crippen LogP contribution in [0.4, 0.5) is 10.3 Å². The van der Waals surface area contributed by atoms with Crippen molar-refractivity contribution in [3.05, 3.63) is 76.3 Å². The predicted molar refractivity (Wildman–Crippen MR) is 96.6 cm³/mol. The maximum Gasteiger partial charge on any atom is 0.221 e. The van der Waals surface area contributed by atoms with Gasteiger partial charge in [-0.25, -0.2) is 14.1 Å². The Bertz CT molecular complexity index is 923. The van der Waals surface area contributed by atoms with Crippen LogP contribution in [-0.4, -0.2) is 15.9 Å². The molecule has 0 aliphatic rings. The van der Waals surface area contributed by atoms with E-state index in [2.05, 4.69) is 10.1 Å². The highest BCUT2D eigenvalue weighted by molar-refractivity contribution is 6.31. The van der Waals surface area contributed by atoms with Crippen LogP contribution in [0, 0.1) is 12.7 Å². The SMILES string of the molecule is Cc1cn(N=Cc2ccc(F)cc2OCc2ccccc2Cl)c(N)n1. The van der Waals surface area contributed by atoms with Crippen LogP contribution in [-0.2, 0) is 6.61 Å². The lowest BCUT2D eigenvalue weighted by molar-refractivity contribution is 0.304. The Morgan fingerprint density at radius 2 is 2.12 bits per heavy atom. The molecule has 128 valence electrons. The molecule has 0 amide bonds. The fourth-order valence-corrected chi connectivity index (χ4v) is 2.42. The molecule has 0 aliphatic heterocycles. The van der Waals surface area contributed by atoms with E-state index in [0.29, 0.717) is 16.3 Å². The van der Waals surface area contributed by atoms with Crippen LogP contribution in [0.25, 0.3) is 0 Å². The Labute approximate surface area is 149 Å². The average Bonchev–Trinajstić information content (AvgIpc) is 2.91. The summed E-state index contributed by atoms with van der Waals surface area (Å²) in [6, 6.07) is 11.6. The second-order valence-electron chi connectivity index (χ2n) is 5.39. The maximum absolute atomic E-state index is 13.6. The molecule has 0 atom stereocenters. The first kappa shape index (κ1) is 17.0. The van der Waals surface area contributed by atoms with Crippen molar-refractivity contribution < 1.29 is 9.13 Å². The van der Waals surface area contributed by atoms with Crippen molar-refractivity contribution in [3.63, 3.8) is 0 Å². The Hall–Kier alpha value is -2.86. The molecule has 0 bridgehead atoms. The van der Waals surface area contributed by atoms with Crippen molar-refractivity contribution in [2.24, 2.45) is 5.10 Å². The Morgan fingerprint density at radius 1 is 1.32 bits per heavy atom. The van der Waals surface area contributed by atoms with Gasteiger partial charge in [-0.2, -0.15) is 5.10 Å². The molecule has 0 saturated carbocycles. The zero-order valence-corrected chi connectivity index (χ0v) is 14.2. The van der Waals surface area contributed by atoms with Crippen LogP contribution >= 0.6 is 11.6 Å². The summed E-state index contributed by atoms with van der Waals surface area (Å²) in [5.41, 5.74) is 7.93. The molecule has 0 radical (unpaired) electrons. The minimum absolute atomic E-state index is 0.219. The number of ether oxygens (including phenoxy) is 1. The van der Waals surface area contributed by atoms with Gasteiger partial charge >= 0.3 is 0 Å². The fraction of sp³-hybridized carbons (Fsp3) is 0.111. The summed E-state index contributed by atoms with van der Waals surface area (Å²) in [6.07, 6.45) is 3.23. The molecule has 2 aromatic carbocycles. The van der Waals surface area contributed by atoms with E-state index in [9.17, 15) is 4.39 Å². The molecule has 0 unspecified atom stereocenters. The van der Waals surface area contributed by atoms with Gasteiger partial charge in [0.05, 0.1) is 18.1 Å². The smallest absolute Gasteiger partial charge is 0.221 e. The second-order valence-corrected chi connectivity index (χ2v) is 5.80. The summed E-state index contributed by atoms with van der Waals surface area (Å²) in [7, 11) is 0. The summed E-state index contributed by atoms with van der Waals surface area (Å²) in [5, 5.41) is 4.83. The molecule has 3 rings (SSSR count). The number of nitrogen functional groups attached to an aromatic ring is 1. The summed E-state index contributed by atoms with van der Waals surface area (Å²) in [4.78, 5) is 4.07. The summed E-state index contributed by atoms with van der Waals surface area (Å²) >= 11 is 6.12.